The van der Waals surface area contributed by atoms with E-state index in [1.165, 1.54) is 25.3 Å². The zero-order chi connectivity index (χ0) is 15.9. The summed E-state index contributed by atoms with van der Waals surface area (Å²) in [5.74, 6) is 0.297. The molecule has 6 nitrogen and oxygen atoms in total. The van der Waals surface area contributed by atoms with Gasteiger partial charge in [0, 0.05) is 24.7 Å². The SMILES string of the molecule is CCNc1ccc(C(=O)NCC2CCCCC2)cc1[N+](=O)[O-]. The molecule has 1 aromatic carbocycles. The lowest BCUT2D eigenvalue weighted by Crippen LogP contribution is -2.30. The van der Waals surface area contributed by atoms with E-state index in [1.807, 2.05) is 6.92 Å². The van der Waals surface area contributed by atoms with Crippen LogP contribution in [0, 0.1) is 16.0 Å². The third kappa shape index (κ3) is 4.19. The highest BCUT2D eigenvalue weighted by molar-refractivity contribution is 5.95. The molecule has 0 radical (unpaired) electrons. The van der Waals surface area contributed by atoms with Gasteiger partial charge in [0.2, 0.25) is 0 Å². The van der Waals surface area contributed by atoms with Crippen LogP contribution in [0.25, 0.3) is 0 Å². The Morgan fingerprint density at radius 1 is 1.32 bits per heavy atom. The van der Waals surface area contributed by atoms with E-state index in [9.17, 15) is 14.9 Å². The Bertz CT molecular complexity index is 539. The van der Waals surface area contributed by atoms with Crippen LogP contribution in [0.15, 0.2) is 18.2 Å². The smallest absolute Gasteiger partial charge is 0.293 e. The Morgan fingerprint density at radius 3 is 2.68 bits per heavy atom. The van der Waals surface area contributed by atoms with Crippen LogP contribution in [0.4, 0.5) is 11.4 Å². The molecule has 0 unspecified atom stereocenters. The van der Waals surface area contributed by atoms with E-state index in [4.69, 9.17) is 0 Å². The summed E-state index contributed by atoms with van der Waals surface area (Å²) >= 11 is 0. The predicted molar refractivity (Wildman–Crippen MR) is 86.2 cm³/mol. The molecule has 120 valence electrons. The lowest BCUT2D eigenvalue weighted by Gasteiger charge is -2.21. The van der Waals surface area contributed by atoms with Crippen LogP contribution in [0.3, 0.4) is 0 Å². The number of hydrogen-bond acceptors (Lipinski definition) is 4. The first kappa shape index (κ1) is 16.3. The van der Waals surface area contributed by atoms with Crippen LogP contribution in [0.1, 0.15) is 49.4 Å². The van der Waals surface area contributed by atoms with Gasteiger partial charge in [-0.05, 0) is 37.8 Å². The highest BCUT2D eigenvalue weighted by Crippen LogP contribution is 2.26. The molecule has 1 fully saturated rings. The van der Waals surface area contributed by atoms with Crippen molar-refractivity contribution in [1.29, 1.82) is 0 Å². The van der Waals surface area contributed by atoms with E-state index in [2.05, 4.69) is 10.6 Å². The number of nitro groups is 1. The molecule has 0 bridgehead atoms. The first-order valence-corrected chi connectivity index (χ1v) is 7.92. The summed E-state index contributed by atoms with van der Waals surface area (Å²) < 4.78 is 0. The molecule has 1 amide bonds. The van der Waals surface area contributed by atoms with Crippen molar-refractivity contribution >= 4 is 17.3 Å². The third-order valence-electron chi connectivity index (χ3n) is 4.10. The van der Waals surface area contributed by atoms with Gasteiger partial charge >= 0.3 is 0 Å². The largest absolute Gasteiger partial charge is 0.380 e. The number of anilines is 1. The number of carbonyl (C=O) groups is 1. The molecule has 6 heteroatoms. The molecule has 0 heterocycles. The fourth-order valence-electron chi connectivity index (χ4n) is 2.89. The standard InChI is InChI=1S/C16H23N3O3/c1-2-17-14-9-8-13(10-15(14)19(21)22)16(20)18-11-12-6-4-3-5-7-12/h8-10,12,17H,2-7,11H2,1H3,(H,18,20). The van der Waals surface area contributed by atoms with Crippen molar-refractivity contribution in [1.82, 2.24) is 5.32 Å². The fourth-order valence-corrected chi connectivity index (χ4v) is 2.89. The van der Waals surface area contributed by atoms with Gasteiger partial charge in [-0.2, -0.15) is 0 Å². The lowest BCUT2D eigenvalue weighted by atomic mass is 9.89. The Balaban J connectivity index is 2.02. The highest BCUT2D eigenvalue weighted by atomic mass is 16.6. The first-order chi connectivity index (χ1) is 10.6. The second-order valence-corrected chi connectivity index (χ2v) is 5.73. The van der Waals surface area contributed by atoms with Crippen molar-refractivity contribution in [2.75, 3.05) is 18.4 Å². The van der Waals surface area contributed by atoms with Gasteiger partial charge in [0.25, 0.3) is 11.6 Å². The molecule has 0 aromatic heterocycles. The van der Waals surface area contributed by atoms with Gasteiger partial charge in [-0.1, -0.05) is 19.3 Å². The highest BCUT2D eigenvalue weighted by Gasteiger charge is 2.18. The molecule has 0 atom stereocenters. The lowest BCUT2D eigenvalue weighted by molar-refractivity contribution is -0.384. The van der Waals surface area contributed by atoms with Gasteiger partial charge in [-0.25, -0.2) is 0 Å². The van der Waals surface area contributed by atoms with Crippen molar-refractivity contribution in [2.45, 2.75) is 39.0 Å². The first-order valence-electron chi connectivity index (χ1n) is 7.92. The van der Waals surface area contributed by atoms with Crippen molar-refractivity contribution in [3.63, 3.8) is 0 Å². The van der Waals surface area contributed by atoms with Gasteiger partial charge < -0.3 is 10.6 Å². The van der Waals surface area contributed by atoms with Crippen LogP contribution in [-0.2, 0) is 0 Å². The summed E-state index contributed by atoms with van der Waals surface area (Å²) in [6, 6.07) is 4.56. The normalized spacial score (nSPS) is 15.3. The number of nitrogens with zero attached hydrogens (tertiary/aromatic N) is 1. The third-order valence-corrected chi connectivity index (χ3v) is 4.10. The van der Waals surface area contributed by atoms with Gasteiger partial charge in [-0.3, -0.25) is 14.9 Å². The minimum Gasteiger partial charge on any atom is -0.380 e. The molecule has 1 saturated carbocycles. The fraction of sp³-hybridized carbons (Fsp3) is 0.562. The van der Waals surface area contributed by atoms with Gasteiger partial charge in [0.15, 0.2) is 0 Å². The molecule has 0 spiro atoms. The zero-order valence-electron chi connectivity index (χ0n) is 12.9. The van der Waals surface area contributed by atoms with Gasteiger partial charge in [0.05, 0.1) is 4.92 Å². The molecule has 1 aromatic rings. The topological polar surface area (TPSA) is 84.3 Å². The maximum atomic E-state index is 12.2. The minimum absolute atomic E-state index is 0.0628. The predicted octanol–water partition coefficient (Wildman–Crippen LogP) is 3.34. The van der Waals surface area contributed by atoms with Crippen molar-refractivity contribution in [3.05, 3.63) is 33.9 Å². The minimum atomic E-state index is -0.462. The van der Waals surface area contributed by atoms with E-state index in [-0.39, 0.29) is 11.6 Å². The molecule has 0 saturated heterocycles. The molecule has 2 rings (SSSR count). The van der Waals surface area contributed by atoms with Crippen molar-refractivity contribution < 1.29 is 9.72 Å². The molecular formula is C16H23N3O3. The summed E-state index contributed by atoms with van der Waals surface area (Å²) in [6.07, 6.45) is 6.04. The number of nitro benzene ring substituents is 1. The molecule has 1 aliphatic rings. The van der Waals surface area contributed by atoms with Gasteiger partial charge in [0.1, 0.15) is 5.69 Å². The number of benzene rings is 1. The summed E-state index contributed by atoms with van der Waals surface area (Å²) in [7, 11) is 0. The Hall–Kier alpha value is -2.11. The average Bonchev–Trinajstić information content (AvgIpc) is 2.54. The second-order valence-electron chi connectivity index (χ2n) is 5.73. The Labute approximate surface area is 130 Å². The maximum Gasteiger partial charge on any atom is 0.293 e. The van der Waals surface area contributed by atoms with Crippen LogP contribution in [0.5, 0.6) is 0 Å². The van der Waals surface area contributed by atoms with Gasteiger partial charge in [-0.15, -0.1) is 0 Å². The summed E-state index contributed by atoms with van der Waals surface area (Å²) in [5.41, 5.74) is 0.715. The summed E-state index contributed by atoms with van der Waals surface area (Å²) in [5, 5.41) is 16.9. The van der Waals surface area contributed by atoms with E-state index >= 15 is 0 Å². The number of amides is 1. The van der Waals surface area contributed by atoms with Crippen LogP contribution < -0.4 is 10.6 Å². The molecular weight excluding hydrogens is 282 g/mol. The monoisotopic (exact) mass is 305 g/mol. The van der Waals surface area contributed by atoms with Crippen molar-refractivity contribution in [2.24, 2.45) is 5.92 Å². The average molecular weight is 305 g/mol. The van der Waals surface area contributed by atoms with E-state index in [0.29, 0.717) is 30.3 Å². The number of rotatable bonds is 6. The second kappa shape index (κ2) is 7.77. The van der Waals surface area contributed by atoms with E-state index in [1.54, 1.807) is 12.1 Å². The number of hydrogen-bond donors (Lipinski definition) is 2. The summed E-state index contributed by atoms with van der Waals surface area (Å²) in [4.78, 5) is 22.8. The molecule has 1 aliphatic carbocycles. The number of nitrogens with one attached hydrogen (secondary N) is 2. The Kier molecular flexibility index (Phi) is 5.75. The number of carbonyl (C=O) groups excluding carboxylic acids is 1. The zero-order valence-corrected chi connectivity index (χ0v) is 12.9. The molecule has 0 aliphatic heterocycles. The molecule has 22 heavy (non-hydrogen) atoms. The summed E-state index contributed by atoms with van der Waals surface area (Å²) in [6.45, 7) is 3.12. The Morgan fingerprint density at radius 2 is 2.05 bits per heavy atom. The van der Waals surface area contributed by atoms with E-state index in [0.717, 1.165) is 12.8 Å². The van der Waals surface area contributed by atoms with Crippen LogP contribution in [-0.4, -0.2) is 23.9 Å². The van der Waals surface area contributed by atoms with Crippen LogP contribution in [0.2, 0.25) is 0 Å². The van der Waals surface area contributed by atoms with Crippen LogP contribution >= 0.6 is 0 Å². The maximum absolute atomic E-state index is 12.2. The molecule has 2 N–H and O–H groups in total. The quantitative estimate of drug-likeness (QED) is 0.623. The van der Waals surface area contributed by atoms with Crippen molar-refractivity contribution in [3.8, 4) is 0 Å². The van der Waals surface area contributed by atoms with E-state index < -0.39 is 4.92 Å².